The van der Waals surface area contributed by atoms with Crippen LogP contribution in [0.4, 0.5) is 17.3 Å². The van der Waals surface area contributed by atoms with E-state index < -0.39 is 11.0 Å². The molecule has 0 amide bonds. The second kappa shape index (κ2) is 6.00. The van der Waals surface area contributed by atoms with Crippen molar-refractivity contribution < 1.29 is 10.0 Å². The Kier molecular flexibility index (Phi) is 4.65. The van der Waals surface area contributed by atoms with Gasteiger partial charge in [-0.1, -0.05) is 13.3 Å². The highest BCUT2D eigenvalue weighted by molar-refractivity contribution is 5.52. The van der Waals surface area contributed by atoms with E-state index in [9.17, 15) is 15.2 Å². The number of nitrogens with one attached hydrogen (secondary N) is 1. The molecule has 17 heavy (non-hydrogen) atoms. The number of anilines is 2. The SMILES string of the molecule is CCCC(O)CNc1cc([N+](=O)[O-])cc(N)n1. The van der Waals surface area contributed by atoms with Gasteiger partial charge in [-0.3, -0.25) is 10.1 Å². The largest absolute Gasteiger partial charge is 0.391 e. The first kappa shape index (κ1) is 13.2. The van der Waals surface area contributed by atoms with Crippen molar-refractivity contribution in [3.05, 3.63) is 22.2 Å². The molecule has 0 aliphatic rings. The van der Waals surface area contributed by atoms with Crippen LogP contribution in [0.5, 0.6) is 0 Å². The molecule has 0 saturated carbocycles. The van der Waals surface area contributed by atoms with Crippen LogP contribution in [0.2, 0.25) is 0 Å². The van der Waals surface area contributed by atoms with Gasteiger partial charge in [-0.15, -0.1) is 0 Å². The summed E-state index contributed by atoms with van der Waals surface area (Å²) in [4.78, 5) is 14.0. The van der Waals surface area contributed by atoms with Gasteiger partial charge < -0.3 is 16.2 Å². The van der Waals surface area contributed by atoms with Crippen LogP contribution >= 0.6 is 0 Å². The number of pyridine rings is 1. The number of nitrogens with two attached hydrogens (primary N) is 1. The van der Waals surface area contributed by atoms with Gasteiger partial charge in [-0.25, -0.2) is 4.98 Å². The van der Waals surface area contributed by atoms with Crippen molar-refractivity contribution in [1.29, 1.82) is 0 Å². The van der Waals surface area contributed by atoms with Crippen molar-refractivity contribution >= 4 is 17.3 Å². The Balaban J connectivity index is 2.68. The van der Waals surface area contributed by atoms with E-state index in [2.05, 4.69) is 10.3 Å². The second-order valence-corrected chi connectivity index (χ2v) is 3.72. The van der Waals surface area contributed by atoms with E-state index in [1.165, 1.54) is 12.1 Å². The Morgan fingerprint density at radius 3 is 2.94 bits per heavy atom. The van der Waals surface area contributed by atoms with E-state index in [0.29, 0.717) is 18.8 Å². The van der Waals surface area contributed by atoms with Crippen LogP contribution in [-0.2, 0) is 0 Å². The van der Waals surface area contributed by atoms with Gasteiger partial charge in [0.2, 0.25) is 0 Å². The molecule has 1 aromatic rings. The first-order valence-corrected chi connectivity index (χ1v) is 5.36. The van der Waals surface area contributed by atoms with Crippen LogP contribution in [-0.4, -0.2) is 27.7 Å². The Bertz CT molecular complexity index is 397. The maximum absolute atomic E-state index is 10.6. The maximum Gasteiger partial charge on any atom is 0.276 e. The van der Waals surface area contributed by atoms with Gasteiger partial charge in [-0.2, -0.15) is 0 Å². The summed E-state index contributed by atoms with van der Waals surface area (Å²) >= 11 is 0. The zero-order chi connectivity index (χ0) is 12.8. The van der Waals surface area contributed by atoms with E-state index in [0.717, 1.165) is 6.42 Å². The molecular formula is C10H16N4O3. The van der Waals surface area contributed by atoms with Crippen LogP contribution in [0, 0.1) is 10.1 Å². The van der Waals surface area contributed by atoms with Gasteiger partial charge in [0.1, 0.15) is 11.6 Å². The quantitative estimate of drug-likeness (QED) is 0.507. The summed E-state index contributed by atoms with van der Waals surface area (Å²) in [5.41, 5.74) is 5.32. The number of hydrogen-bond acceptors (Lipinski definition) is 6. The van der Waals surface area contributed by atoms with Crippen molar-refractivity contribution in [1.82, 2.24) is 4.98 Å². The lowest BCUT2D eigenvalue weighted by molar-refractivity contribution is -0.384. The molecule has 0 aliphatic heterocycles. The fraction of sp³-hybridized carbons (Fsp3) is 0.500. The van der Waals surface area contributed by atoms with E-state index in [4.69, 9.17) is 5.73 Å². The smallest absolute Gasteiger partial charge is 0.276 e. The fourth-order valence-corrected chi connectivity index (χ4v) is 1.39. The molecule has 0 aromatic carbocycles. The van der Waals surface area contributed by atoms with Crippen LogP contribution in [0.25, 0.3) is 0 Å². The number of nitrogen functional groups attached to an aromatic ring is 1. The first-order chi connectivity index (χ1) is 8.02. The third-order valence-electron chi connectivity index (χ3n) is 2.18. The van der Waals surface area contributed by atoms with Gasteiger partial charge in [0, 0.05) is 6.54 Å². The highest BCUT2D eigenvalue weighted by atomic mass is 16.6. The Labute approximate surface area is 98.8 Å². The number of aliphatic hydroxyl groups is 1. The van der Waals surface area contributed by atoms with E-state index in [-0.39, 0.29) is 11.5 Å². The molecule has 4 N–H and O–H groups in total. The van der Waals surface area contributed by atoms with Crippen LogP contribution in [0.3, 0.4) is 0 Å². The summed E-state index contributed by atoms with van der Waals surface area (Å²) in [6.07, 6.45) is 1.03. The molecule has 0 spiro atoms. The monoisotopic (exact) mass is 240 g/mol. The lowest BCUT2D eigenvalue weighted by Crippen LogP contribution is -2.19. The molecule has 0 saturated heterocycles. The molecule has 1 unspecified atom stereocenters. The molecule has 1 atom stereocenters. The average molecular weight is 240 g/mol. The van der Waals surface area contributed by atoms with Crippen molar-refractivity contribution in [3.8, 4) is 0 Å². The zero-order valence-electron chi connectivity index (χ0n) is 9.59. The Hall–Kier alpha value is -1.89. The fourth-order valence-electron chi connectivity index (χ4n) is 1.39. The standard InChI is InChI=1S/C10H16N4O3/c1-2-3-8(15)6-12-10-5-7(14(16)17)4-9(11)13-10/h4-5,8,15H,2-3,6H2,1H3,(H3,11,12,13). The summed E-state index contributed by atoms with van der Waals surface area (Å²) in [5.74, 6) is 0.374. The topological polar surface area (TPSA) is 114 Å². The second-order valence-electron chi connectivity index (χ2n) is 3.72. The minimum Gasteiger partial charge on any atom is -0.391 e. The molecule has 7 nitrogen and oxygen atoms in total. The molecule has 1 rings (SSSR count). The zero-order valence-corrected chi connectivity index (χ0v) is 9.59. The predicted molar refractivity (Wildman–Crippen MR) is 64.7 cm³/mol. The van der Waals surface area contributed by atoms with Crippen molar-refractivity contribution in [2.24, 2.45) is 0 Å². The third kappa shape index (κ3) is 4.23. The van der Waals surface area contributed by atoms with Crippen LogP contribution in [0.15, 0.2) is 12.1 Å². The van der Waals surface area contributed by atoms with Gasteiger partial charge in [-0.05, 0) is 6.42 Å². The summed E-state index contributed by atoms with van der Waals surface area (Å²) in [7, 11) is 0. The molecule has 0 fully saturated rings. The Morgan fingerprint density at radius 2 is 2.35 bits per heavy atom. The summed E-state index contributed by atoms with van der Waals surface area (Å²) in [6, 6.07) is 2.47. The van der Waals surface area contributed by atoms with Gasteiger partial charge >= 0.3 is 0 Å². The predicted octanol–water partition coefficient (Wildman–Crippen LogP) is 1.14. The van der Waals surface area contributed by atoms with Crippen LogP contribution in [0.1, 0.15) is 19.8 Å². The van der Waals surface area contributed by atoms with Crippen molar-refractivity contribution in [3.63, 3.8) is 0 Å². The van der Waals surface area contributed by atoms with E-state index in [1.807, 2.05) is 6.92 Å². The number of nitro groups is 1. The molecule has 0 aliphatic carbocycles. The van der Waals surface area contributed by atoms with Gasteiger partial charge in [0.05, 0.1) is 23.2 Å². The highest BCUT2D eigenvalue weighted by Crippen LogP contribution is 2.18. The number of aromatic nitrogens is 1. The minimum atomic E-state index is -0.536. The van der Waals surface area contributed by atoms with Gasteiger partial charge in [0.25, 0.3) is 5.69 Å². The van der Waals surface area contributed by atoms with E-state index in [1.54, 1.807) is 0 Å². The Morgan fingerprint density at radius 1 is 1.65 bits per heavy atom. The highest BCUT2D eigenvalue weighted by Gasteiger charge is 2.10. The van der Waals surface area contributed by atoms with Crippen LogP contribution < -0.4 is 11.1 Å². The van der Waals surface area contributed by atoms with Gasteiger partial charge in [0.15, 0.2) is 0 Å². The summed E-state index contributed by atoms with van der Waals surface area (Å²) in [5, 5.41) is 22.9. The molecule has 7 heteroatoms. The number of aliphatic hydroxyl groups excluding tert-OH is 1. The number of nitrogens with zero attached hydrogens (tertiary/aromatic N) is 2. The summed E-state index contributed by atoms with van der Waals surface area (Å²) < 4.78 is 0. The third-order valence-corrected chi connectivity index (χ3v) is 2.18. The molecule has 1 aromatic heterocycles. The molecule has 0 radical (unpaired) electrons. The normalized spacial score (nSPS) is 12.1. The minimum absolute atomic E-state index is 0.0756. The lowest BCUT2D eigenvalue weighted by Gasteiger charge is -2.11. The summed E-state index contributed by atoms with van der Waals surface area (Å²) in [6.45, 7) is 2.26. The molecule has 0 bridgehead atoms. The van der Waals surface area contributed by atoms with E-state index >= 15 is 0 Å². The van der Waals surface area contributed by atoms with Crippen molar-refractivity contribution in [2.45, 2.75) is 25.9 Å². The molecule has 1 heterocycles. The number of rotatable bonds is 6. The van der Waals surface area contributed by atoms with Crippen molar-refractivity contribution in [2.75, 3.05) is 17.6 Å². The molecular weight excluding hydrogens is 224 g/mol. The number of hydrogen-bond donors (Lipinski definition) is 3. The first-order valence-electron chi connectivity index (χ1n) is 5.36. The maximum atomic E-state index is 10.6. The lowest BCUT2D eigenvalue weighted by atomic mass is 10.2. The average Bonchev–Trinajstić information content (AvgIpc) is 2.26. The molecule has 94 valence electrons.